The molecule has 12 aromatic rings. The molecule has 0 aliphatic carbocycles. The number of nitrogens with zero attached hydrogens (tertiary/aromatic N) is 3. The van der Waals surface area contributed by atoms with Gasteiger partial charge < -0.3 is 4.42 Å². The minimum absolute atomic E-state index is 0.576. The second kappa shape index (κ2) is 16.2. The molecule has 0 N–H and O–H groups in total. The van der Waals surface area contributed by atoms with Gasteiger partial charge in [0.1, 0.15) is 11.2 Å². The van der Waals surface area contributed by atoms with Crippen LogP contribution < -0.4 is 0 Å². The number of hydrogen-bond acceptors (Lipinski definition) is 4. The molecule has 304 valence electrons. The van der Waals surface area contributed by atoms with Crippen molar-refractivity contribution in [2.45, 2.75) is 0 Å². The molecule has 0 aliphatic heterocycles. The third kappa shape index (κ3) is 7.13. The lowest BCUT2D eigenvalue weighted by atomic mass is 9.97. The molecule has 12 rings (SSSR count). The normalized spacial score (nSPS) is 11.4. The Labute approximate surface area is 376 Å². The molecule has 4 heteroatoms. The first-order chi connectivity index (χ1) is 32.2. The molecule has 2 heterocycles. The van der Waals surface area contributed by atoms with E-state index in [1.165, 1.54) is 22.3 Å². The van der Waals surface area contributed by atoms with Crippen LogP contribution in [0.25, 0.3) is 123 Å². The number of benzene rings is 10. The van der Waals surface area contributed by atoms with Gasteiger partial charge in [-0.25, -0.2) is 15.0 Å². The standard InChI is InChI=1S/C61H39N3O/c1-4-14-40(15-5-1)43-28-32-46(33-29-43)51-23-12-25-53-57-54(26-13-27-56(57)65-58(51)53)61-63-59(47-35-30-44(31-36-47)49-22-10-21-48(38-49)41-16-6-2-7-17-41)62-60(64-61)52-24-11-20-45-34-37-50(39-55(45)52)42-18-8-3-9-19-42/h1-39H. The molecular formula is C61H39N3O. The van der Waals surface area contributed by atoms with E-state index in [9.17, 15) is 0 Å². The molecule has 10 aromatic carbocycles. The Hall–Kier alpha value is -8.73. The highest BCUT2D eigenvalue weighted by atomic mass is 16.3. The van der Waals surface area contributed by atoms with Crippen LogP contribution in [-0.4, -0.2) is 15.0 Å². The van der Waals surface area contributed by atoms with Gasteiger partial charge in [0.15, 0.2) is 17.5 Å². The van der Waals surface area contributed by atoms with E-state index in [1.54, 1.807) is 0 Å². The third-order valence-electron chi connectivity index (χ3n) is 12.4. The number of furan rings is 1. The highest BCUT2D eigenvalue weighted by Crippen LogP contribution is 2.41. The molecule has 0 bridgehead atoms. The number of hydrogen-bond donors (Lipinski definition) is 0. The minimum Gasteiger partial charge on any atom is -0.455 e. The van der Waals surface area contributed by atoms with E-state index < -0.39 is 0 Å². The smallest absolute Gasteiger partial charge is 0.164 e. The van der Waals surface area contributed by atoms with Crippen molar-refractivity contribution >= 4 is 32.7 Å². The van der Waals surface area contributed by atoms with E-state index in [4.69, 9.17) is 19.4 Å². The first-order valence-corrected chi connectivity index (χ1v) is 21.9. The first-order valence-electron chi connectivity index (χ1n) is 21.9. The zero-order chi connectivity index (χ0) is 43.1. The molecule has 65 heavy (non-hydrogen) atoms. The summed E-state index contributed by atoms with van der Waals surface area (Å²) in [6, 6.07) is 82.9. The fraction of sp³-hybridized carbons (Fsp3) is 0. The second-order valence-electron chi connectivity index (χ2n) is 16.3. The Bertz CT molecular complexity index is 3670. The predicted molar refractivity (Wildman–Crippen MR) is 268 cm³/mol. The summed E-state index contributed by atoms with van der Waals surface area (Å²) in [4.78, 5) is 15.9. The van der Waals surface area contributed by atoms with Crippen LogP contribution >= 0.6 is 0 Å². The molecule has 4 nitrogen and oxygen atoms in total. The maximum Gasteiger partial charge on any atom is 0.164 e. The Morgan fingerprint density at radius 3 is 1.38 bits per heavy atom. The summed E-state index contributed by atoms with van der Waals surface area (Å²) in [7, 11) is 0. The zero-order valence-corrected chi connectivity index (χ0v) is 35.3. The molecule has 0 radical (unpaired) electrons. The minimum atomic E-state index is 0.576. The Kier molecular flexibility index (Phi) is 9.46. The zero-order valence-electron chi connectivity index (χ0n) is 35.3. The summed E-state index contributed by atoms with van der Waals surface area (Å²) < 4.78 is 6.78. The SMILES string of the molecule is c1ccc(-c2ccc(-c3cccc4c3oc3cccc(-c5nc(-c6ccc(-c7cccc(-c8ccccc8)c7)cc6)nc(-c6cccc7ccc(-c8ccccc8)cc67)n5)c34)cc2)cc1. The van der Waals surface area contributed by atoms with Gasteiger partial charge in [0.2, 0.25) is 0 Å². The van der Waals surface area contributed by atoms with Crippen LogP contribution in [-0.2, 0) is 0 Å². The van der Waals surface area contributed by atoms with Gasteiger partial charge in [0, 0.05) is 33.0 Å². The van der Waals surface area contributed by atoms with Gasteiger partial charge in [-0.15, -0.1) is 0 Å². The monoisotopic (exact) mass is 829 g/mol. The third-order valence-corrected chi connectivity index (χ3v) is 12.4. The van der Waals surface area contributed by atoms with Crippen molar-refractivity contribution in [1.29, 1.82) is 0 Å². The van der Waals surface area contributed by atoms with Gasteiger partial charge in [0.25, 0.3) is 0 Å². The summed E-state index contributed by atoms with van der Waals surface area (Å²) in [6.45, 7) is 0. The molecule has 0 fully saturated rings. The van der Waals surface area contributed by atoms with Gasteiger partial charge in [-0.2, -0.15) is 0 Å². The van der Waals surface area contributed by atoms with Crippen LogP contribution in [0.4, 0.5) is 0 Å². The summed E-state index contributed by atoms with van der Waals surface area (Å²) in [5.41, 5.74) is 15.7. The fourth-order valence-electron chi connectivity index (χ4n) is 9.08. The van der Waals surface area contributed by atoms with Crippen LogP contribution in [0.2, 0.25) is 0 Å². The molecule has 0 saturated heterocycles. The quantitative estimate of drug-likeness (QED) is 0.153. The molecule has 0 amide bonds. The molecule has 0 aliphatic rings. The van der Waals surface area contributed by atoms with Crippen LogP contribution in [0.1, 0.15) is 0 Å². The Morgan fingerprint density at radius 1 is 0.262 bits per heavy atom. The number of fused-ring (bicyclic) bond motifs is 4. The van der Waals surface area contributed by atoms with Gasteiger partial charge >= 0.3 is 0 Å². The maximum absolute atomic E-state index is 6.78. The summed E-state index contributed by atoms with van der Waals surface area (Å²) in [5.74, 6) is 1.77. The average Bonchev–Trinajstić information content (AvgIpc) is 3.79. The molecular weight excluding hydrogens is 791 g/mol. The van der Waals surface area contributed by atoms with E-state index in [-0.39, 0.29) is 0 Å². The van der Waals surface area contributed by atoms with Crippen LogP contribution in [0.15, 0.2) is 241 Å². The van der Waals surface area contributed by atoms with Gasteiger partial charge in [0.05, 0.1) is 0 Å². The lowest BCUT2D eigenvalue weighted by molar-refractivity contribution is 0.670. The summed E-state index contributed by atoms with van der Waals surface area (Å²) in [6.07, 6.45) is 0. The molecule has 0 atom stereocenters. The fourth-order valence-corrected chi connectivity index (χ4v) is 9.08. The molecule has 0 saturated carbocycles. The highest BCUT2D eigenvalue weighted by molar-refractivity contribution is 6.15. The van der Waals surface area contributed by atoms with Crippen molar-refractivity contribution in [3.63, 3.8) is 0 Å². The van der Waals surface area contributed by atoms with Crippen LogP contribution in [0.3, 0.4) is 0 Å². The Balaban J connectivity index is 1.01. The summed E-state index contributed by atoms with van der Waals surface area (Å²) in [5, 5.41) is 4.15. The highest BCUT2D eigenvalue weighted by Gasteiger charge is 2.21. The van der Waals surface area contributed by atoms with E-state index in [2.05, 4.69) is 206 Å². The van der Waals surface area contributed by atoms with Crippen molar-refractivity contribution in [2.75, 3.05) is 0 Å². The van der Waals surface area contributed by atoms with Crippen molar-refractivity contribution in [2.24, 2.45) is 0 Å². The van der Waals surface area contributed by atoms with Crippen LogP contribution in [0, 0.1) is 0 Å². The van der Waals surface area contributed by atoms with Gasteiger partial charge in [-0.1, -0.05) is 218 Å². The van der Waals surface area contributed by atoms with Crippen molar-refractivity contribution in [1.82, 2.24) is 15.0 Å². The lowest BCUT2D eigenvalue weighted by Gasteiger charge is -2.12. The second-order valence-corrected chi connectivity index (χ2v) is 16.3. The van der Waals surface area contributed by atoms with Crippen LogP contribution in [0.5, 0.6) is 0 Å². The topological polar surface area (TPSA) is 51.8 Å². The predicted octanol–water partition coefficient (Wildman–Crippen LogP) is 16.3. The van der Waals surface area contributed by atoms with E-state index in [0.717, 1.165) is 82.8 Å². The molecule has 0 spiro atoms. The first kappa shape index (κ1) is 38.0. The van der Waals surface area contributed by atoms with Gasteiger partial charge in [-0.3, -0.25) is 0 Å². The van der Waals surface area contributed by atoms with E-state index >= 15 is 0 Å². The maximum atomic E-state index is 6.78. The average molecular weight is 830 g/mol. The van der Waals surface area contributed by atoms with Crippen molar-refractivity contribution in [3.8, 4) is 89.8 Å². The molecule has 0 unspecified atom stereocenters. The number of para-hydroxylation sites is 1. The molecule has 2 aromatic heterocycles. The number of aromatic nitrogens is 3. The van der Waals surface area contributed by atoms with E-state index in [1.807, 2.05) is 30.3 Å². The van der Waals surface area contributed by atoms with Crippen molar-refractivity contribution < 1.29 is 4.42 Å². The summed E-state index contributed by atoms with van der Waals surface area (Å²) >= 11 is 0. The van der Waals surface area contributed by atoms with Gasteiger partial charge in [-0.05, 0) is 79.0 Å². The lowest BCUT2D eigenvalue weighted by Crippen LogP contribution is -2.01. The number of rotatable bonds is 8. The van der Waals surface area contributed by atoms with Crippen molar-refractivity contribution in [3.05, 3.63) is 237 Å². The van der Waals surface area contributed by atoms with E-state index in [0.29, 0.717) is 17.5 Å². The largest absolute Gasteiger partial charge is 0.455 e. The Morgan fingerprint density at radius 2 is 0.708 bits per heavy atom.